The van der Waals surface area contributed by atoms with Crippen LogP contribution in [0.15, 0.2) is 48.5 Å². The van der Waals surface area contributed by atoms with Crippen molar-refractivity contribution in [2.75, 3.05) is 6.54 Å². The Balaban J connectivity index is 1.88. The Bertz CT molecular complexity index is 657. The van der Waals surface area contributed by atoms with Gasteiger partial charge >= 0.3 is 0 Å². The molecule has 4 heteroatoms. The average Bonchev–Trinajstić information content (AvgIpc) is 2.99. The average molecular weight is 320 g/mol. The first kappa shape index (κ1) is 14.4. The largest absolute Gasteiger partial charge is 0.332 e. The zero-order valence-electron chi connectivity index (χ0n) is 11.4. The van der Waals surface area contributed by atoms with Crippen LogP contribution in [0.3, 0.4) is 0 Å². The monoisotopic (exact) mass is 319 g/mol. The van der Waals surface area contributed by atoms with Crippen LogP contribution < -0.4 is 0 Å². The zero-order valence-corrected chi connectivity index (χ0v) is 12.9. The lowest BCUT2D eigenvalue weighted by Crippen LogP contribution is -2.30. The molecule has 1 atom stereocenters. The minimum atomic E-state index is 0.0138. The van der Waals surface area contributed by atoms with Crippen LogP contribution in [0.25, 0.3) is 0 Å². The van der Waals surface area contributed by atoms with E-state index in [2.05, 4.69) is 12.1 Å². The van der Waals surface area contributed by atoms with Crippen LogP contribution in [0, 0.1) is 0 Å². The molecule has 0 saturated carbocycles. The third-order valence-corrected chi connectivity index (χ3v) is 4.60. The summed E-state index contributed by atoms with van der Waals surface area (Å²) in [6.07, 6.45) is 2.02. The minimum absolute atomic E-state index is 0.0138. The van der Waals surface area contributed by atoms with Crippen molar-refractivity contribution in [2.24, 2.45) is 0 Å². The number of rotatable bonds is 2. The summed E-state index contributed by atoms with van der Waals surface area (Å²) in [4.78, 5) is 14.6. The van der Waals surface area contributed by atoms with E-state index in [4.69, 9.17) is 23.2 Å². The fourth-order valence-corrected chi connectivity index (χ4v) is 3.12. The molecule has 0 aromatic heterocycles. The van der Waals surface area contributed by atoms with Crippen LogP contribution >= 0.6 is 23.2 Å². The number of halogens is 2. The maximum Gasteiger partial charge on any atom is 0.254 e. The summed E-state index contributed by atoms with van der Waals surface area (Å²) < 4.78 is 0. The molecule has 1 aliphatic heterocycles. The number of nitrogens with zero attached hydrogens (tertiary/aromatic N) is 1. The topological polar surface area (TPSA) is 20.3 Å². The molecule has 21 heavy (non-hydrogen) atoms. The van der Waals surface area contributed by atoms with E-state index >= 15 is 0 Å². The van der Waals surface area contributed by atoms with E-state index in [1.165, 1.54) is 5.56 Å². The molecule has 0 radical (unpaired) electrons. The number of hydrogen-bond acceptors (Lipinski definition) is 1. The van der Waals surface area contributed by atoms with E-state index < -0.39 is 0 Å². The Kier molecular flexibility index (Phi) is 4.18. The van der Waals surface area contributed by atoms with Gasteiger partial charge in [0.15, 0.2) is 0 Å². The van der Waals surface area contributed by atoms with Crippen LogP contribution in [0.2, 0.25) is 10.0 Å². The molecule has 1 aliphatic rings. The van der Waals surface area contributed by atoms with E-state index in [1.54, 1.807) is 18.2 Å². The lowest BCUT2D eigenvalue weighted by molar-refractivity contribution is 0.0735. The van der Waals surface area contributed by atoms with Gasteiger partial charge in [-0.15, -0.1) is 0 Å². The van der Waals surface area contributed by atoms with E-state index in [0.29, 0.717) is 15.6 Å². The van der Waals surface area contributed by atoms with Gasteiger partial charge in [-0.3, -0.25) is 4.79 Å². The Morgan fingerprint density at radius 2 is 1.81 bits per heavy atom. The van der Waals surface area contributed by atoms with Crippen LogP contribution in [0.1, 0.15) is 34.8 Å². The van der Waals surface area contributed by atoms with Crippen LogP contribution in [0.4, 0.5) is 0 Å². The Morgan fingerprint density at radius 1 is 1.05 bits per heavy atom. The third kappa shape index (κ3) is 2.92. The molecule has 2 aromatic carbocycles. The van der Waals surface area contributed by atoms with Gasteiger partial charge in [-0.1, -0.05) is 53.5 Å². The van der Waals surface area contributed by atoms with Crippen molar-refractivity contribution in [3.8, 4) is 0 Å². The van der Waals surface area contributed by atoms with Gasteiger partial charge in [-0.25, -0.2) is 0 Å². The lowest BCUT2D eigenvalue weighted by atomic mass is 10.0. The molecule has 0 N–H and O–H groups in total. The Labute approximate surface area is 134 Å². The van der Waals surface area contributed by atoms with Crippen LogP contribution in [-0.4, -0.2) is 17.4 Å². The molecule has 2 nitrogen and oxygen atoms in total. The highest BCUT2D eigenvalue weighted by Gasteiger charge is 2.30. The molecule has 0 unspecified atom stereocenters. The fourth-order valence-electron chi connectivity index (χ4n) is 2.83. The number of amides is 1. The molecule has 1 fully saturated rings. The maximum absolute atomic E-state index is 12.7. The number of benzene rings is 2. The molecule has 0 bridgehead atoms. The van der Waals surface area contributed by atoms with Crippen LogP contribution in [0.5, 0.6) is 0 Å². The number of likely N-dealkylation sites (tertiary alicyclic amines) is 1. The second-order valence-electron chi connectivity index (χ2n) is 5.20. The summed E-state index contributed by atoms with van der Waals surface area (Å²) in [5.41, 5.74) is 1.77. The van der Waals surface area contributed by atoms with E-state index in [9.17, 15) is 4.79 Å². The number of carbonyl (C=O) groups is 1. The van der Waals surface area contributed by atoms with Gasteiger partial charge in [-0.05, 0) is 36.6 Å². The minimum Gasteiger partial charge on any atom is -0.332 e. The van der Waals surface area contributed by atoms with E-state index in [1.807, 2.05) is 23.1 Å². The second-order valence-corrected chi connectivity index (χ2v) is 6.01. The highest BCUT2D eigenvalue weighted by molar-refractivity contribution is 6.42. The number of carbonyl (C=O) groups excluding carboxylic acids is 1. The molecule has 2 aromatic rings. The van der Waals surface area contributed by atoms with Gasteiger partial charge in [0.2, 0.25) is 0 Å². The highest BCUT2D eigenvalue weighted by Crippen LogP contribution is 2.33. The summed E-state index contributed by atoms with van der Waals surface area (Å²) in [7, 11) is 0. The Morgan fingerprint density at radius 3 is 2.52 bits per heavy atom. The predicted octanol–water partition coefficient (Wildman–Crippen LogP) is 4.97. The number of hydrogen-bond donors (Lipinski definition) is 0. The molecule has 0 spiro atoms. The molecular formula is C17H15Cl2NO. The third-order valence-electron chi connectivity index (χ3n) is 3.86. The molecule has 1 amide bonds. The maximum atomic E-state index is 12.7. The van der Waals surface area contributed by atoms with E-state index in [0.717, 1.165) is 19.4 Å². The van der Waals surface area contributed by atoms with Gasteiger partial charge in [0.05, 0.1) is 16.1 Å². The quantitative estimate of drug-likeness (QED) is 0.765. The molecule has 1 saturated heterocycles. The van der Waals surface area contributed by atoms with Gasteiger partial charge in [0, 0.05) is 12.1 Å². The molecule has 0 aliphatic carbocycles. The second kappa shape index (κ2) is 6.08. The summed E-state index contributed by atoms with van der Waals surface area (Å²) in [6, 6.07) is 15.4. The summed E-state index contributed by atoms with van der Waals surface area (Å²) in [5, 5.41) is 0.882. The van der Waals surface area contributed by atoms with Crippen molar-refractivity contribution in [1.82, 2.24) is 4.90 Å². The molecule has 108 valence electrons. The Hall–Kier alpha value is -1.51. The van der Waals surface area contributed by atoms with Gasteiger partial charge in [0.25, 0.3) is 5.91 Å². The van der Waals surface area contributed by atoms with Crippen LogP contribution in [-0.2, 0) is 0 Å². The SMILES string of the molecule is O=C(c1ccc(Cl)c(Cl)c1)N1CCC[C@H]1c1ccccc1. The van der Waals surface area contributed by atoms with Crippen molar-refractivity contribution in [3.05, 3.63) is 69.7 Å². The van der Waals surface area contributed by atoms with Crippen molar-refractivity contribution in [3.63, 3.8) is 0 Å². The smallest absolute Gasteiger partial charge is 0.254 e. The predicted molar refractivity (Wildman–Crippen MR) is 85.9 cm³/mol. The highest BCUT2D eigenvalue weighted by atomic mass is 35.5. The summed E-state index contributed by atoms with van der Waals surface area (Å²) in [5.74, 6) is 0.0138. The zero-order chi connectivity index (χ0) is 14.8. The molecule has 3 rings (SSSR count). The van der Waals surface area contributed by atoms with Gasteiger partial charge in [-0.2, -0.15) is 0 Å². The van der Waals surface area contributed by atoms with E-state index in [-0.39, 0.29) is 11.9 Å². The van der Waals surface area contributed by atoms with Crippen molar-refractivity contribution < 1.29 is 4.79 Å². The summed E-state index contributed by atoms with van der Waals surface area (Å²) in [6.45, 7) is 0.776. The van der Waals surface area contributed by atoms with Crippen molar-refractivity contribution in [2.45, 2.75) is 18.9 Å². The first-order valence-electron chi connectivity index (χ1n) is 6.98. The first-order chi connectivity index (χ1) is 10.2. The van der Waals surface area contributed by atoms with Gasteiger partial charge in [0.1, 0.15) is 0 Å². The molecular weight excluding hydrogens is 305 g/mol. The normalized spacial score (nSPS) is 18.0. The first-order valence-corrected chi connectivity index (χ1v) is 7.73. The van der Waals surface area contributed by atoms with Gasteiger partial charge < -0.3 is 4.90 Å². The van der Waals surface area contributed by atoms with Crippen molar-refractivity contribution in [1.29, 1.82) is 0 Å². The van der Waals surface area contributed by atoms with Crippen molar-refractivity contribution >= 4 is 29.1 Å². The standard InChI is InChI=1S/C17H15Cl2NO/c18-14-9-8-13(11-15(14)19)17(21)20-10-4-7-16(20)12-5-2-1-3-6-12/h1-3,5-6,8-9,11,16H,4,7,10H2/t16-/m0/s1. The summed E-state index contributed by atoms with van der Waals surface area (Å²) >= 11 is 11.9. The fraction of sp³-hybridized carbons (Fsp3) is 0.235. The molecule has 1 heterocycles. The lowest BCUT2D eigenvalue weighted by Gasteiger charge is -2.25.